The summed E-state index contributed by atoms with van der Waals surface area (Å²) >= 11 is 0. The van der Waals surface area contributed by atoms with E-state index in [2.05, 4.69) is 101 Å². The van der Waals surface area contributed by atoms with Crippen molar-refractivity contribution in [2.75, 3.05) is 20.2 Å². The summed E-state index contributed by atoms with van der Waals surface area (Å²) in [5.41, 5.74) is -0.997. The van der Waals surface area contributed by atoms with Crippen LogP contribution in [0, 0.1) is 37.9 Å². The summed E-state index contributed by atoms with van der Waals surface area (Å²) in [5.74, 6) is -0.0582. The van der Waals surface area contributed by atoms with E-state index in [1.54, 1.807) is 7.05 Å². The molecule has 238 valence electrons. The highest BCUT2D eigenvalue weighted by molar-refractivity contribution is 5.85. The summed E-state index contributed by atoms with van der Waals surface area (Å²) in [5, 5.41) is 5.93. The van der Waals surface area contributed by atoms with Crippen LogP contribution in [0.5, 0.6) is 0 Å². The molecule has 0 bridgehead atoms. The van der Waals surface area contributed by atoms with Crippen molar-refractivity contribution < 1.29 is 14.3 Å². The molecule has 2 N–H and O–H groups in total. The molecule has 0 spiro atoms. The fourth-order valence-electron chi connectivity index (χ4n) is 7.29. The molecule has 0 atom stereocenters. The number of nitrogens with one attached hydrogen (secondary N) is 2. The molecule has 0 saturated heterocycles. The number of ether oxygens (including phenoxy) is 1. The molecule has 0 heterocycles. The minimum absolute atomic E-state index is 0.0116. The summed E-state index contributed by atoms with van der Waals surface area (Å²) < 4.78 is 6.63. The molecule has 40 heavy (non-hydrogen) atoms. The molecule has 5 nitrogen and oxygen atoms in total. The Bertz CT molecular complexity index is 839. The first-order valence-corrected chi connectivity index (χ1v) is 15.5. The normalized spacial score (nSPS) is 14.8. The van der Waals surface area contributed by atoms with Crippen molar-refractivity contribution in [3.05, 3.63) is 0 Å². The zero-order chi connectivity index (χ0) is 32.2. The lowest BCUT2D eigenvalue weighted by Gasteiger charge is -2.46. The Labute approximate surface area is 250 Å². The molecule has 0 aromatic heterocycles. The van der Waals surface area contributed by atoms with Crippen molar-refractivity contribution in [1.29, 1.82) is 0 Å². The van der Waals surface area contributed by atoms with Crippen LogP contribution in [0.25, 0.3) is 0 Å². The fraction of sp³-hybridized carbons (Fsp3) is 0.943. The van der Waals surface area contributed by atoms with Crippen LogP contribution in [-0.2, 0) is 14.3 Å². The highest BCUT2D eigenvalue weighted by Crippen LogP contribution is 2.46. The first-order valence-electron chi connectivity index (χ1n) is 15.5. The summed E-state index contributed by atoms with van der Waals surface area (Å²) in [6.07, 6.45) is 4.79. The predicted octanol–water partition coefficient (Wildman–Crippen LogP) is 8.80. The molecule has 0 aliphatic heterocycles. The molecular formula is C35H70N2O3. The summed E-state index contributed by atoms with van der Waals surface area (Å²) in [6, 6.07) is 0. The molecule has 5 heteroatoms. The standard InChI is InChI=1S/C35H70N2O3/c1-28(2,3)21-30(6,7)22-29(4,5)19-20-40-35(16,17)34(14,15)23-31(8,9)25-37-27(39)33(12,13)24-32(10,11)26(38)36-18/h19-25H2,1-18H3,(H,36,38)(H,37,39). The van der Waals surface area contributed by atoms with Crippen molar-refractivity contribution in [1.82, 2.24) is 10.6 Å². The average molecular weight is 567 g/mol. The van der Waals surface area contributed by atoms with Crippen LogP contribution in [-0.4, -0.2) is 37.6 Å². The van der Waals surface area contributed by atoms with Crippen LogP contribution in [0.2, 0.25) is 0 Å². The zero-order valence-corrected chi connectivity index (χ0v) is 30.2. The molecule has 0 aromatic rings. The van der Waals surface area contributed by atoms with Crippen molar-refractivity contribution in [3.8, 4) is 0 Å². The maximum absolute atomic E-state index is 13.2. The first kappa shape index (κ1) is 38.9. The Morgan fingerprint density at radius 3 is 1.50 bits per heavy atom. The van der Waals surface area contributed by atoms with Crippen molar-refractivity contribution in [3.63, 3.8) is 0 Å². The zero-order valence-electron chi connectivity index (χ0n) is 30.2. The Morgan fingerprint density at radius 2 is 1.05 bits per heavy atom. The van der Waals surface area contributed by atoms with E-state index in [1.165, 1.54) is 12.8 Å². The van der Waals surface area contributed by atoms with Crippen LogP contribution in [0.1, 0.15) is 150 Å². The molecule has 0 aromatic carbocycles. The van der Waals surface area contributed by atoms with Crippen LogP contribution in [0.15, 0.2) is 0 Å². The predicted molar refractivity (Wildman–Crippen MR) is 172 cm³/mol. The topological polar surface area (TPSA) is 67.4 Å². The van der Waals surface area contributed by atoms with Crippen LogP contribution >= 0.6 is 0 Å². The Hall–Kier alpha value is -1.10. The summed E-state index contributed by atoms with van der Waals surface area (Å²) in [6.45, 7) is 38.9. The van der Waals surface area contributed by atoms with Gasteiger partial charge in [0.05, 0.1) is 5.60 Å². The third kappa shape index (κ3) is 13.3. The van der Waals surface area contributed by atoms with Gasteiger partial charge in [0, 0.05) is 31.0 Å². The van der Waals surface area contributed by atoms with Gasteiger partial charge in [0.15, 0.2) is 0 Å². The monoisotopic (exact) mass is 567 g/mol. The van der Waals surface area contributed by atoms with Crippen LogP contribution in [0.3, 0.4) is 0 Å². The molecule has 0 radical (unpaired) electrons. The third-order valence-corrected chi connectivity index (χ3v) is 8.83. The van der Waals surface area contributed by atoms with Gasteiger partial charge in [-0.1, -0.05) is 104 Å². The number of carbonyl (C=O) groups excluding carboxylic acids is 2. The minimum Gasteiger partial charge on any atom is -0.375 e. The van der Waals surface area contributed by atoms with Gasteiger partial charge in [-0.2, -0.15) is 0 Å². The Morgan fingerprint density at radius 1 is 0.575 bits per heavy atom. The average Bonchev–Trinajstić information content (AvgIpc) is 2.66. The van der Waals surface area contributed by atoms with Gasteiger partial charge < -0.3 is 15.4 Å². The van der Waals surface area contributed by atoms with E-state index in [4.69, 9.17) is 4.74 Å². The van der Waals surface area contributed by atoms with E-state index in [-0.39, 0.29) is 39.1 Å². The second kappa shape index (κ2) is 13.0. The number of hydrogen-bond acceptors (Lipinski definition) is 3. The van der Waals surface area contributed by atoms with Gasteiger partial charge in [-0.25, -0.2) is 0 Å². The molecule has 0 aliphatic rings. The number of amides is 2. The number of rotatable bonds is 16. The molecule has 0 saturated carbocycles. The number of hydrogen-bond donors (Lipinski definition) is 2. The summed E-state index contributed by atoms with van der Waals surface area (Å²) in [7, 11) is 1.64. The van der Waals surface area contributed by atoms with E-state index in [0.717, 1.165) is 19.4 Å². The van der Waals surface area contributed by atoms with Gasteiger partial charge in [-0.15, -0.1) is 0 Å². The van der Waals surface area contributed by atoms with Gasteiger partial charge in [0.25, 0.3) is 0 Å². The second-order valence-electron chi connectivity index (χ2n) is 18.8. The SMILES string of the molecule is CNC(=O)C(C)(C)CC(C)(C)C(=O)NCC(C)(C)CC(C)(C)C(C)(C)OCCC(C)(C)CC(C)(C)CC(C)(C)C. The lowest BCUT2D eigenvalue weighted by atomic mass is 9.66. The Kier molecular flexibility index (Phi) is 12.7. The lowest BCUT2D eigenvalue weighted by molar-refractivity contribution is -0.136. The van der Waals surface area contributed by atoms with Gasteiger partial charge in [0.1, 0.15) is 0 Å². The van der Waals surface area contributed by atoms with Crippen molar-refractivity contribution in [2.45, 2.75) is 155 Å². The first-order chi connectivity index (χ1) is 17.4. The Balaban J connectivity index is 5.17. The van der Waals surface area contributed by atoms with Crippen molar-refractivity contribution in [2.24, 2.45) is 37.9 Å². The van der Waals surface area contributed by atoms with E-state index in [0.29, 0.717) is 18.4 Å². The maximum atomic E-state index is 13.2. The maximum Gasteiger partial charge on any atom is 0.225 e. The quantitative estimate of drug-likeness (QED) is 0.196. The van der Waals surface area contributed by atoms with Crippen molar-refractivity contribution >= 4 is 11.8 Å². The second-order valence-corrected chi connectivity index (χ2v) is 18.8. The molecule has 2 amide bonds. The van der Waals surface area contributed by atoms with Gasteiger partial charge >= 0.3 is 0 Å². The van der Waals surface area contributed by atoms with E-state index in [1.807, 2.05) is 27.7 Å². The lowest BCUT2D eigenvalue weighted by Crippen LogP contribution is -2.49. The van der Waals surface area contributed by atoms with E-state index >= 15 is 0 Å². The van der Waals surface area contributed by atoms with Gasteiger partial charge in [0.2, 0.25) is 11.8 Å². The minimum atomic E-state index is -0.655. The third-order valence-electron chi connectivity index (χ3n) is 8.83. The van der Waals surface area contributed by atoms with E-state index < -0.39 is 10.8 Å². The molecule has 0 unspecified atom stereocenters. The van der Waals surface area contributed by atoms with Gasteiger partial charge in [-0.3, -0.25) is 9.59 Å². The molecule has 0 rings (SSSR count). The van der Waals surface area contributed by atoms with Crippen LogP contribution < -0.4 is 10.6 Å². The molecular weight excluding hydrogens is 496 g/mol. The van der Waals surface area contributed by atoms with E-state index in [9.17, 15) is 9.59 Å². The number of carbonyl (C=O) groups is 2. The largest absolute Gasteiger partial charge is 0.375 e. The highest BCUT2D eigenvalue weighted by Gasteiger charge is 2.43. The smallest absolute Gasteiger partial charge is 0.225 e. The van der Waals surface area contributed by atoms with Crippen LogP contribution in [0.4, 0.5) is 0 Å². The highest BCUT2D eigenvalue weighted by atomic mass is 16.5. The van der Waals surface area contributed by atoms with Gasteiger partial charge in [-0.05, 0) is 73.0 Å². The fourth-order valence-corrected chi connectivity index (χ4v) is 7.29. The summed E-state index contributed by atoms with van der Waals surface area (Å²) in [4.78, 5) is 25.5. The molecule has 0 fully saturated rings. The molecule has 0 aliphatic carbocycles.